The first kappa shape index (κ1) is 12.7. The molecule has 1 N–H and O–H groups in total. The van der Waals surface area contributed by atoms with Crippen LogP contribution in [0.4, 0.5) is 0 Å². The quantitative estimate of drug-likeness (QED) is 0.647. The van der Waals surface area contributed by atoms with E-state index in [4.69, 9.17) is 0 Å². The SMILES string of the molecule is CC=C1CN2[C@H]3C[C@H]1C(C=O)[C@@H]2Cc1c3[nH]c2ccccc12. The van der Waals surface area contributed by atoms with Gasteiger partial charge in [-0.25, -0.2) is 0 Å². The molecule has 3 heteroatoms. The molecule has 0 aliphatic carbocycles. The van der Waals surface area contributed by atoms with Crippen LogP contribution < -0.4 is 0 Å². The van der Waals surface area contributed by atoms with E-state index in [0.717, 1.165) is 19.4 Å². The minimum Gasteiger partial charge on any atom is -0.357 e. The first-order chi connectivity index (χ1) is 10.8. The summed E-state index contributed by atoms with van der Waals surface area (Å²) in [5.74, 6) is 0.611. The fraction of sp³-hybridized carbons (Fsp3) is 0.421. The Balaban J connectivity index is 1.70. The van der Waals surface area contributed by atoms with E-state index in [2.05, 4.69) is 47.1 Å². The maximum atomic E-state index is 11.8. The lowest BCUT2D eigenvalue weighted by Crippen LogP contribution is -2.60. The van der Waals surface area contributed by atoms with Crippen LogP contribution in [-0.4, -0.2) is 28.8 Å². The fourth-order valence-electron chi connectivity index (χ4n) is 5.17. The number of aromatic amines is 1. The van der Waals surface area contributed by atoms with Crippen LogP contribution in [0, 0.1) is 11.8 Å². The van der Waals surface area contributed by atoms with Gasteiger partial charge in [0.15, 0.2) is 0 Å². The molecule has 0 saturated carbocycles. The zero-order valence-corrected chi connectivity index (χ0v) is 12.8. The molecule has 22 heavy (non-hydrogen) atoms. The lowest BCUT2D eigenvalue weighted by Gasteiger charge is -2.57. The number of nitrogens with one attached hydrogen (secondary N) is 1. The van der Waals surface area contributed by atoms with Gasteiger partial charge in [0.05, 0.1) is 6.04 Å². The van der Waals surface area contributed by atoms with Gasteiger partial charge in [0.25, 0.3) is 0 Å². The molecular weight excluding hydrogens is 272 g/mol. The largest absolute Gasteiger partial charge is 0.357 e. The standard InChI is InChI=1S/C19H20N2O/c1-2-11-9-21-17-8-14-12-5-3-4-6-16(12)20-19(14)18(21)7-13(11)15(17)10-22/h2-6,10,13,15,17-18,20H,7-9H2,1H3/t13-,15?,17+,18+/m1/s1. The molecule has 5 atom stereocenters. The van der Waals surface area contributed by atoms with Crippen molar-refractivity contribution in [1.82, 2.24) is 9.88 Å². The van der Waals surface area contributed by atoms with Crippen molar-refractivity contribution in [3.8, 4) is 0 Å². The van der Waals surface area contributed by atoms with Gasteiger partial charge in [0.1, 0.15) is 6.29 Å². The van der Waals surface area contributed by atoms with Crippen LogP contribution >= 0.6 is 0 Å². The topological polar surface area (TPSA) is 36.1 Å². The van der Waals surface area contributed by atoms with Gasteiger partial charge in [-0.05, 0) is 37.3 Å². The molecule has 1 aromatic carbocycles. The summed E-state index contributed by atoms with van der Waals surface area (Å²) in [5.41, 5.74) is 5.56. The summed E-state index contributed by atoms with van der Waals surface area (Å²) in [4.78, 5) is 18.0. The van der Waals surface area contributed by atoms with Crippen molar-refractivity contribution in [3.05, 3.63) is 47.2 Å². The molecule has 3 saturated heterocycles. The Kier molecular flexibility index (Phi) is 2.49. The number of allylic oxidation sites excluding steroid dienone is 1. The lowest BCUT2D eigenvalue weighted by atomic mass is 9.64. The van der Waals surface area contributed by atoms with Gasteiger partial charge in [-0.2, -0.15) is 0 Å². The number of rotatable bonds is 1. The number of aldehydes is 1. The minimum absolute atomic E-state index is 0.165. The Hall–Kier alpha value is -1.87. The van der Waals surface area contributed by atoms with Crippen LogP contribution in [0.1, 0.15) is 30.6 Å². The zero-order chi connectivity index (χ0) is 14.8. The van der Waals surface area contributed by atoms with Gasteiger partial charge in [0, 0.05) is 35.1 Å². The van der Waals surface area contributed by atoms with Crippen molar-refractivity contribution < 1.29 is 4.79 Å². The first-order valence-corrected chi connectivity index (χ1v) is 8.27. The minimum atomic E-state index is 0.165. The summed E-state index contributed by atoms with van der Waals surface area (Å²) >= 11 is 0. The van der Waals surface area contributed by atoms with E-state index < -0.39 is 0 Å². The van der Waals surface area contributed by atoms with E-state index in [0.29, 0.717) is 18.0 Å². The summed E-state index contributed by atoms with van der Waals surface area (Å²) in [6, 6.07) is 9.44. The highest BCUT2D eigenvalue weighted by Crippen LogP contribution is 2.53. The number of hydrogen-bond donors (Lipinski definition) is 1. The van der Waals surface area contributed by atoms with Gasteiger partial charge in [0.2, 0.25) is 0 Å². The second kappa shape index (κ2) is 4.32. The van der Waals surface area contributed by atoms with Gasteiger partial charge in [-0.15, -0.1) is 0 Å². The first-order valence-electron chi connectivity index (χ1n) is 8.27. The third-order valence-electron chi connectivity index (χ3n) is 6.17. The lowest BCUT2D eigenvalue weighted by molar-refractivity contribution is -0.121. The number of aromatic nitrogens is 1. The van der Waals surface area contributed by atoms with Crippen LogP contribution in [0.15, 0.2) is 35.9 Å². The highest BCUT2D eigenvalue weighted by Gasteiger charge is 2.52. The molecule has 4 bridgehead atoms. The van der Waals surface area contributed by atoms with Crippen LogP contribution in [0.25, 0.3) is 10.9 Å². The highest BCUT2D eigenvalue weighted by atomic mass is 16.1. The maximum Gasteiger partial charge on any atom is 0.125 e. The normalized spacial score (nSPS) is 37.5. The molecule has 3 fully saturated rings. The smallest absolute Gasteiger partial charge is 0.125 e. The predicted molar refractivity (Wildman–Crippen MR) is 86.7 cm³/mol. The Morgan fingerprint density at radius 1 is 1.32 bits per heavy atom. The van der Waals surface area contributed by atoms with Crippen LogP contribution in [-0.2, 0) is 11.2 Å². The monoisotopic (exact) mass is 292 g/mol. The fourth-order valence-corrected chi connectivity index (χ4v) is 5.17. The summed E-state index contributed by atoms with van der Waals surface area (Å²) in [6.07, 6.45) is 5.54. The van der Waals surface area contributed by atoms with Crippen LogP contribution in [0.3, 0.4) is 0 Å². The van der Waals surface area contributed by atoms with Crippen LogP contribution in [0.2, 0.25) is 0 Å². The van der Waals surface area contributed by atoms with Crippen molar-refractivity contribution in [2.75, 3.05) is 6.54 Å². The molecule has 112 valence electrons. The van der Waals surface area contributed by atoms with E-state index in [1.165, 1.54) is 34.0 Å². The highest BCUT2D eigenvalue weighted by molar-refractivity contribution is 5.85. The van der Waals surface area contributed by atoms with Gasteiger partial charge in [-0.1, -0.05) is 29.8 Å². The maximum absolute atomic E-state index is 11.8. The Bertz CT molecular complexity index is 803. The molecule has 0 spiro atoms. The number of hydrogen-bond acceptors (Lipinski definition) is 2. The Morgan fingerprint density at radius 2 is 2.18 bits per heavy atom. The van der Waals surface area contributed by atoms with E-state index >= 15 is 0 Å². The molecule has 2 aromatic rings. The molecule has 1 aromatic heterocycles. The zero-order valence-electron chi connectivity index (χ0n) is 12.8. The summed E-state index contributed by atoms with van der Waals surface area (Å²) in [6.45, 7) is 3.15. The van der Waals surface area contributed by atoms with E-state index in [-0.39, 0.29) is 5.92 Å². The number of nitrogens with zero attached hydrogens (tertiary/aromatic N) is 1. The molecule has 4 aliphatic heterocycles. The van der Waals surface area contributed by atoms with E-state index in [1.807, 2.05) is 0 Å². The number of para-hydroxylation sites is 1. The number of fused-ring (bicyclic) bond motifs is 4. The van der Waals surface area contributed by atoms with Crippen molar-refractivity contribution in [3.63, 3.8) is 0 Å². The Morgan fingerprint density at radius 3 is 3.00 bits per heavy atom. The second-order valence-corrected chi connectivity index (χ2v) is 6.94. The van der Waals surface area contributed by atoms with Crippen molar-refractivity contribution in [2.24, 2.45) is 11.8 Å². The number of H-pyrrole nitrogens is 1. The molecule has 0 amide bonds. The van der Waals surface area contributed by atoms with Crippen molar-refractivity contribution in [1.29, 1.82) is 0 Å². The van der Waals surface area contributed by atoms with E-state index in [1.54, 1.807) is 0 Å². The number of piperidine rings is 3. The molecular formula is C19H20N2O. The van der Waals surface area contributed by atoms with Gasteiger partial charge < -0.3 is 9.78 Å². The summed E-state index contributed by atoms with van der Waals surface area (Å²) < 4.78 is 0. The third kappa shape index (κ3) is 1.42. The van der Waals surface area contributed by atoms with E-state index in [9.17, 15) is 4.79 Å². The van der Waals surface area contributed by atoms with Gasteiger partial charge >= 0.3 is 0 Å². The number of benzene rings is 1. The van der Waals surface area contributed by atoms with Crippen LogP contribution in [0.5, 0.6) is 0 Å². The Labute approximate surface area is 130 Å². The molecule has 5 heterocycles. The number of carbonyl (C=O) groups is 1. The average molecular weight is 292 g/mol. The van der Waals surface area contributed by atoms with Crippen molar-refractivity contribution in [2.45, 2.75) is 31.8 Å². The summed E-state index contributed by atoms with van der Waals surface area (Å²) in [5, 5.41) is 1.35. The second-order valence-electron chi connectivity index (χ2n) is 6.94. The average Bonchev–Trinajstić information content (AvgIpc) is 2.93. The molecule has 3 nitrogen and oxygen atoms in total. The molecule has 6 rings (SSSR count). The third-order valence-corrected chi connectivity index (χ3v) is 6.17. The summed E-state index contributed by atoms with van der Waals surface area (Å²) in [7, 11) is 0. The number of carbonyl (C=O) groups excluding carboxylic acids is 1. The molecule has 2 unspecified atom stereocenters. The molecule has 0 radical (unpaired) electrons. The predicted octanol–water partition coefficient (Wildman–Crippen LogP) is 3.23. The molecule has 4 aliphatic rings. The van der Waals surface area contributed by atoms with Crippen molar-refractivity contribution >= 4 is 17.2 Å². The van der Waals surface area contributed by atoms with Gasteiger partial charge in [-0.3, -0.25) is 4.90 Å².